The van der Waals surface area contributed by atoms with Gasteiger partial charge in [-0.15, -0.1) is 0 Å². The van der Waals surface area contributed by atoms with E-state index < -0.39 is 5.97 Å². The van der Waals surface area contributed by atoms with Gasteiger partial charge in [0.1, 0.15) is 12.4 Å². The number of benzene rings is 3. The van der Waals surface area contributed by atoms with Crippen LogP contribution in [0.5, 0.6) is 11.5 Å². The largest absolute Gasteiger partial charge is 0.493 e. The molecule has 0 fully saturated rings. The van der Waals surface area contributed by atoms with Crippen molar-refractivity contribution in [3.63, 3.8) is 0 Å². The number of hydrogen-bond donors (Lipinski definition) is 0. The Morgan fingerprint density at radius 2 is 1.75 bits per heavy atom. The molecule has 1 aliphatic heterocycles. The van der Waals surface area contributed by atoms with E-state index in [2.05, 4.69) is 4.99 Å². The van der Waals surface area contributed by atoms with E-state index in [1.165, 1.54) is 31.4 Å². The topological polar surface area (TPSA) is 57.1 Å². The predicted molar refractivity (Wildman–Crippen MR) is 121 cm³/mol. The molecule has 0 atom stereocenters. The molecule has 8 heteroatoms. The Hall–Kier alpha value is -3.35. The molecule has 0 N–H and O–H groups in total. The molecule has 4 rings (SSSR count). The number of cyclic esters (lactones) is 1. The van der Waals surface area contributed by atoms with Gasteiger partial charge in [0, 0.05) is 21.2 Å². The second-order valence-electron chi connectivity index (χ2n) is 6.74. The molecule has 0 spiro atoms. The van der Waals surface area contributed by atoms with Gasteiger partial charge in [-0.05, 0) is 60.2 Å². The Labute approximate surface area is 193 Å². The van der Waals surface area contributed by atoms with E-state index >= 15 is 0 Å². The summed E-state index contributed by atoms with van der Waals surface area (Å²) >= 11 is 12.4. The maximum atomic E-state index is 13.1. The summed E-state index contributed by atoms with van der Waals surface area (Å²) in [5.41, 5.74) is 1.94. The summed E-state index contributed by atoms with van der Waals surface area (Å²) in [7, 11) is 1.51. The fourth-order valence-corrected chi connectivity index (χ4v) is 3.50. The third kappa shape index (κ3) is 4.77. The van der Waals surface area contributed by atoms with Crippen molar-refractivity contribution >= 4 is 41.1 Å². The molecule has 0 saturated carbocycles. The summed E-state index contributed by atoms with van der Waals surface area (Å²) in [6.07, 6.45) is 1.57. The Morgan fingerprint density at radius 3 is 2.44 bits per heavy atom. The van der Waals surface area contributed by atoms with Crippen LogP contribution >= 0.6 is 23.2 Å². The minimum absolute atomic E-state index is 0.114. The first-order valence-corrected chi connectivity index (χ1v) is 10.2. The van der Waals surface area contributed by atoms with Gasteiger partial charge in [-0.2, -0.15) is 0 Å². The van der Waals surface area contributed by atoms with E-state index in [0.29, 0.717) is 38.2 Å². The van der Waals surface area contributed by atoms with Crippen LogP contribution in [0.15, 0.2) is 71.4 Å². The van der Waals surface area contributed by atoms with Crippen LogP contribution in [-0.4, -0.2) is 19.0 Å². The second-order valence-corrected chi connectivity index (χ2v) is 7.56. The van der Waals surface area contributed by atoms with E-state index in [9.17, 15) is 9.18 Å². The van der Waals surface area contributed by atoms with Crippen molar-refractivity contribution in [3.05, 3.63) is 98.9 Å². The molecule has 3 aromatic rings. The van der Waals surface area contributed by atoms with Crippen LogP contribution in [0.4, 0.5) is 4.39 Å². The molecular formula is C24H16Cl2FNO4. The molecule has 3 aromatic carbocycles. The lowest BCUT2D eigenvalue weighted by Gasteiger charge is -2.13. The summed E-state index contributed by atoms with van der Waals surface area (Å²) in [4.78, 5) is 16.4. The molecule has 162 valence electrons. The highest BCUT2D eigenvalue weighted by atomic mass is 35.5. The number of hydrogen-bond acceptors (Lipinski definition) is 5. The van der Waals surface area contributed by atoms with Crippen LogP contribution in [0.3, 0.4) is 0 Å². The number of halogens is 3. The average molecular weight is 472 g/mol. The lowest BCUT2D eigenvalue weighted by molar-refractivity contribution is -0.129. The first kappa shape index (κ1) is 21.9. The second kappa shape index (κ2) is 9.42. The maximum absolute atomic E-state index is 13.1. The van der Waals surface area contributed by atoms with Crippen molar-refractivity contribution in [2.75, 3.05) is 7.11 Å². The van der Waals surface area contributed by atoms with Crippen molar-refractivity contribution in [1.82, 2.24) is 0 Å². The van der Waals surface area contributed by atoms with E-state index in [4.69, 9.17) is 37.4 Å². The highest BCUT2D eigenvalue weighted by Crippen LogP contribution is 2.32. The molecule has 0 unspecified atom stereocenters. The van der Waals surface area contributed by atoms with Gasteiger partial charge in [-0.1, -0.05) is 35.3 Å². The number of carbonyl (C=O) groups is 1. The number of nitrogens with zero attached hydrogens (tertiary/aromatic N) is 1. The highest BCUT2D eigenvalue weighted by Gasteiger charge is 2.24. The van der Waals surface area contributed by atoms with Gasteiger partial charge in [0.05, 0.1) is 7.11 Å². The Morgan fingerprint density at radius 1 is 1.03 bits per heavy atom. The summed E-state index contributed by atoms with van der Waals surface area (Å²) < 4.78 is 29.6. The normalized spacial score (nSPS) is 14.3. The first-order valence-electron chi connectivity index (χ1n) is 9.47. The molecule has 0 saturated heterocycles. The van der Waals surface area contributed by atoms with Crippen molar-refractivity contribution < 1.29 is 23.4 Å². The Bertz CT molecular complexity index is 1220. The van der Waals surface area contributed by atoms with E-state index in [1.807, 2.05) is 0 Å². The SMILES string of the molecule is COc1cc(/C=C2\N=C(c3ccc(F)cc3)OC2=O)ccc1OCc1c(Cl)cccc1Cl. The van der Waals surface area contributed by atoms with Gasteiger partial charge < -0.3 is 14.2 Å². The fourth-order valence-electron chi connectivity index (χ4n) is 3.00. The minimum Gasteiger partial charge on any atom is -0.493 e. The monoisotopic (exact) mass is 471 g/mol. The first-order chi connectivity index (χ1) is 15.4. The highest BCUT2D eigenvalue weighted by molar-refractivity contribution is 6.35. The zero-order valence-corrected chi connectivity index (χ0v) is 18.3. The van der Waals surface area contributed by atoms with Crippen LogP contribution in [0.2, 0.25) is 10.0 Å². The number of carbonyl (C=O) groups excluding carboxylic acids is 1. The van der Waals surface area contributed by atoms with Crippen LogP contribution in [-0.2, 0) is 16.1 Å². The van der Waals surface area contributed by atoms with E-state index in [-0.39, 0.29) is 24.0 Å². The van der Waals surface area contributed by atoms with E-state index in [1.54, 1.807) is 42.5 Å². The molecule has 0 aromatic heterocycles. The van der Waals surface area contributed by atoms with Gasteiger partial charge >= 0.3 is 5.97 Å². The van der Waals surface area contributed by atoms with Crippen molar-refractivity contribution in [1.29, 1.82) is 0 Å². The lowest BCUT2D eigenvalue weighted by Crippen LogP contribution is -2.05. The number of methoxy groups -OCH3 is 1. The van der Waals surface area contributed by atoms with Crippen LogP contribution in [0.25, 0.3) is 6.08 Å². The number of esters is 1. The lowest BCUT2D eigenvalue weighted by atomic mass is 10.1. The van der Waals surface area contributed by atoms with Crippen molar-refractivity contribution in [3.8, 4) is 11.5 Å². The maximum Gasteiger partial charge on any atom is 0.363 e. The molecule has 0 amide bonds. The summed E-state index contributed by atoms with van der Waals surface area (Å²) in [6, 6.07) is 15.9. The molecule has 0 aliphatic carbocycles. The quantitative estimate of drug-likeness (QED) is 0.323. The molecule has 1 heterocycles. The Balaban J connectivity index is 1.55. The molecule has 0 radical (unpaired) electrons. The van der Waals surface area contributed by atoms with Crippen LogP contribution in [0.1, 0.15) is 16.7 Å². The standard InChI is InChI=1S/C24H16Cl2FNO4/c1-30-22-12-14(5-10-21(22)31-13-17-18(25)3-2-4-19(17)26)11-20-24(29)32-23(28-20)15-6-8-16(27)9-7-15/h2-12H,13H2,1H3/b20-11-. The molecule has 32 heavy (non-hydrogen) atoms. The molecule has 1 aliphatic rings. The number of aliphatic imine (C=N–C) groups is 1. The molecular weight excluding hydrogens is 456 g/mol. The zero-order valence-electron chi connectivity index (χ0n) is 16.8. The van der Waals surface area contributed by atoms with Crippen LogP contribution in [0, 0.1) is 5.82 Å². The summed E-state index contributed by atoms with van der Waals surface area (Å²) in [6.45, 7) is 0.160. The third-order valence-corrected chi connectivity index (χ3v) is 5.34. The number of rotatable bonds is 6. The smallest absolute Gasteiger partial charge is 0.363 e. The zero-order chi connectivity index (χ0) is 22.7. The van der Waals surface area contributed by atoms with Gasteiger partial charge in [0.15, 0.2) is 17.2 Å². The third-order valence-electron chi connectivity index (χ3n) is 4.64. The van der Waals surface area contributed by atoms with Gasteiger partial charge in [-0.25, -0.2) is 14.2 Å². The van der Waals surface area contributed by atoms with Gasteiger partial charge in [0.25, 0.3) is 0 Å². The van der Waals surface area contributed by atoms with E-state index in [0.717, 1.165) is 0 Å². The average Bonchev–Trinajstić information content (AvgIpc) is 3.14. The van der Waals surface area contributed by atoms with Gasteiger partial charge in [0.2, 0.25) is 5.90 Å². The van der Waals surface area contributed by atoms with Gasteiger partial charge in [-0.3, -0.25) is 0 Å². The minimum atomic E-state index is -0.600. The summed E-state index contributed by atoms with van der Waals surface area (Å²) in [5.74, 6) is 0.0641. The Kier molecular flexibility index (Phi) is 6.44. The van der Waals surface area contributed by atoms with Crippen molar-refractivity contribution in [2.24, 2.45) is 4.99 Å². The molecule has 5 nitrogen and oxygen atoms in total. The van der Waals surface area contributed by atoms with Crippen LogP contribution < -0.4 is 9.47 Å². The number of ether oxygens (including phenoxy) is 3. The fraction of sp³-hybridized carbons (Fsp3) is 0.0833. The molecule has 0 bridgehead atoms. The predicted octanol–water partition coefficient (Wildman–Crippen LogP) is 6.06. The summed E-state index contributed by atoms with van der Waals surface area (Å²) in [5, 5.41) is 1.01. The van der Waals surface area contributed by atoms with Crippen molar-refractivity contribution in [2.45, 2.75) is 6.61 Å².